The van der Waals surface area contributed by atoms with Crippen molar-refractivity contribution in [3.05, 3.63) is 72.1 Å². The second-order valence-electron chi connectivity index (χ2n) is 6.37. The van der Waals surface area contributed by atoms with Crippen LogP contribution in [-0.4, -0.2) is 27.0 Å². The van der Waals surface area contributed by atoms with E-state index in [1.54, 1.807) is 16.9 Å². The first kappa shape index (κ1) is 18.6. The van der Waals surface area contributed by atoms with Gasteiger partial charge in [0.1, 0.15) is 11.4 Å². The van der Waals surface area contributed by atoms with Crippen molar-refractivity contribution in [3.8, 4) is 11.4 Å². The van der Waals surface area contributed by atoms with Gasteiger partial charge in [-0.1, -0.05) is 18.2 Å². The Morgan fingerprint density at radius 1 is 1.14 bits per heavy atom. The molecule has 0 aliphatic rings. The number of amides is 1. The summed E-state index contributed by atoms with van der Waals surface area (Å²) < 4.78 is 42.7. The highest BCUT2D eigenvalue weighted by atomic mass is 19.4. The number of benzene rings is 2. The summed E-state index contributed by atoms with van der Waals surface area (Å²) in [5.74, 6) is -0.434. The summed E-state index contributed by atoms with van der Waals surface area (Å²) >= 11 is 0. The molecule has 0 unspecified atom stereocenters. The Hall–Kier alpha value is -3.75. The molecule has 0 spiro atoms. The van der Waals surface area contributed by atoms with E-state index in [1.807, 2.05) is 37.3 Å². The predicted molar refractivity (Wildman–Crippen MR) is 101 cm³/mol. The summed E-state index contributed by atoms with van der Waals surface area (Å²) in [5, 5.41) is 7.68. The average Bonchev–Trinajstić information content (AvgIpc) is 3.24. The molecule has 29 heavy (non-hydrogen) atoms. The number of aromatic nitrogens is 3. The van der Waals surface area contributed by atoms with Gasteiger partial charge in [0.15, 0.2) is 5.82 Å². The van der Waals surface area contributed by atoms with Gasteiger partial charge in [0.25, 0.3) is 5.91 Å². The van der Waals surface area contributed by atoms with Crippen LogP contribution < -0.4 is 10.1 Å². The van der Waals surface area contributed by atoms with Crippen molar-refractivity contribution in [1.82, 2.24) is 14.8 Å². The minimum Gasteiger partial charge on any atom is -0.406 e. The van der Waals surface area contributed by atoms with Crippen molar-refractivity contribution in [2.24, 2.45) is 0 Å². The van der Waals surface area contributed by atoms with E-state index in [1.165, 1.54) is 18.2 Å². The molecule has 2 heterocycles. The molecule has 1 amide bonds. The van der Waals surface area contributed by atoms with E-state index in [0.29, 0.717) is 16.7 Å². The quantitative estimate of drug-likeness (QED) is 0.516. The zero-order chi connectivity index (χ0) is 20.6. The molecular weight excluding hydrogens is 385 g/mol. The summed E-state index contributed by atoms with van der Waals surface area (Å²) in [4.78, 5) is 15.4. The lowest BCUT2D eigenvalue weighted by Gasteiger charge is -2.08. The zero-order valence-electron chi connectivity index (χ0n) is 15.1. The molecule has 0 saturated heterocycles. The van der Waals surface area contributed by atoms with Crippen LogP contribution in [0.4, 0.5) is 19.0 Å². The number of aryl methyl sites for hydroxylation is 1. The number of fused-ring (bicyclic) bond motifs is 1. The van der Waals surface area contributed by atoms with Crippen molar-refractivity contribution in [2.75, 3.05) is 5.32 Å². The molecule has 0 atom stereocenters. The topological polar surface area (TPSA) is 71.9 Å². The van der Waals surface area contributed by atoms with E-state index in [0.717, 1.165) is 11.3 Å². The molecule has 0 bridgehead atoms. The predicted octanol–water partition coefficient (Wildman–Crippen LogP) is 4.81. The van der Waals surface area contributed by atoms with Crippen LogP contribution in [0.1, 0.15) is 16.1 Å². The van der Waals surface area contributed by atoms with Gasteiger partial charge in [-0.05, 0) is 37.3 Å². The molecule has 0 aliphatic carbocycles. The maximum Gasteiger partial charge on any atom is 0.573 e. The van der Waals surface area contributed by atoms with E-state index < -0.39 is 12.3 Å². The van der Waals surface area contributed by atoms with Crippen LogP contribution in [-0.2, 0) is 0 Å². The Bertz CT molecular complexity index is 1180. The van der Waals surface area contributed by atoms with E-state index in [-0.39, 0.29) is 11.4 Å². The number of H-pyrrole nitrogens is 1. The number of nitrogens with one attached hydrogen (secondary N) is 2. The smallest absolute Gasteiger partial charge is 0.406 e. The molecule has 6 nitrogen and oxygen atoms in total. The van der Waals surface area contributed by atoms with Crippen LogP contribution in [0, 0.1) is 6.92 Å². The van der Waals surface area contributed by atoms with Crippen molar-refractivity contribution in [3.63, 3.8) is 0 Å². The van der Waals surface area contributed by atoms with Crippen molar-refractivity contribution in [1.29, 1.82) is 0 Å². The van der Waals surface area contributed by atoms with Crippen LogP contribution in [0.15, 0.2) is 60.8 Å². The second kappa shape index (κ2) is 7.01. The van der Waals surface area contributed by atoms with Gasteiger partial charge in [-0.2, -0.15) is 0 Å². The minimum absolute atomic E-state index is 0.192. The molecule has 2 N–H and O–H groups in total. The third-order valence-electron chi connectivity index (χ3n) is 4.22. The number of alkyl halides is 3. The van der Waals surface area contributed by atoms with Gasteiger partial charge in [-0.15, -0.1) is 18.3 Å². The fourth-order valence-corrected chi connectivity index (χ4v) is 2.90. The van der Waals surface area contributed by atoms with Crippen LogP contribution in [0.5, 0.6) is 5.75 Å². The molecule has 0 aliphatic heterocycles. The summed E-state index contributed by atoms with van der Waals surface area (Å²) in [7, 11) is 0. The number of halogens is 3. The molecule has 4 aromatic rings. The molecule has 4 rings (SSSR count). The maximum atomic E-state index is 12.6. The molecule has 2 aromatic heterocycles. The minimum atomic E-state index is -4.78. The number of anilines is 1. The lowest BCUT2D eigenvalue weighted by atomic mass is 10.2. The average molecular weight is 400 g/mol. The summed E-state index contributed by atoms with van der Waals surface area (Å²) in [5.41, 5.74) is 2.15. The summed E-state index contributed by atoms with van der Waals surface area (Å²) in [6.45, 7) is 1.81. The van der Waals surface area contributed by atoms with Gasteiger partial charge in [0, 0.05) is 28.7 Å². The number of hydrogen-bond acceptors (Lipinski definition) is 3. The maximum absolute atomic E-state index is 12.6. The standard InChI is InChI=1S/C20H15F3N4O2/c1-12-11-27(14-5-3-2-4-6-14)26-18(12)25-19(28)17-9-13-7-8-15(10-16(13)24-17)29-20(21,22)23/h2-11,24H,1H3,(H,25,26,28). The number of carbonyl (C=O) groups is 1. The SMILES string of the molecule is Cc1cn(-c2ccccc2)nc1NC(=O)c1cc2ccc(OC(F)(F)F)cc2[nH]1. The Morgan fingerprint density at radius 2 is 1.90 bits per heavy atom. The van der Waals surface area contributed by atoms with Gasteiger partial charge >= 0.3 is 6.36 Å². The number of hydrogen-bond donors (Lipinski definition) is 2. The third kappa shape index (κ3) is 4.08. The molecule has 0 saturated carbocycles. The van der Waals surface area contributed by atoms with Crippen LogP contribution >= 0.6 is 0 Å². The highest BCUT2D eigenvalue weighted by Crippen LogP contribution is 2.27. The summed E-state index contributed by atoms with van der Waals surface area (Å²) in [6.07, 6.45) is -2.99. The molecule has 0 radical (unpaired) electrons. The van der Waals surface area contributed by atoms with Crippen LogP contribution in [0.3, 0.4) is 0 Å². The van der Waals surface area contributed by atoms with E-state index in [9.17, 15) is 18.0 Å². The normalized spacial score (nSPS) is 11.6. The van der Waals surface area contributed by atoms with E-state index in [2.05, 4.69) is 20.1 Å². The van der Waals surface area contributed by atoms with Gasteiger partial charge in [0.05, 0.1) is 5.69 Å². The fraction of sp³-hybridized carbons (Fsp3) is 0.100. The first-order valence-corrected chi connectivity index (χ1v) is 8.60. The largest absolute Gasteiger partial charge is 0.573 e. The number of nitrogens with zero attached hydrogens (tertiary/aromatic N) is 2. The Balaban J connectivity index is 1.56. The number of carbonyl (C=O) groups excluding carboxylic acids is 1. The van der Waals surface area contributed by atoms with E-state index >= 15 is 0 Å². The second-order valence-corrected chi connectivity index (χ2v) is 6.37. The monoisotopic (exact) mass is 400 g/mol. The Labute approximate surface area is 162 Å². The van der Waals surface area contributed by atoms with Crippen molar-refractivity contribution < 1.29 is 22.7 Å². The lowest BCUT2D eigenvalue weighted by molar-refractivity contribution is -0.274. The molecular formula is C20H15F3N4O2. The Kier molecular flexibility index (Phi) is 4.50. The zero-order valence-corrected chi connectivity index (χ0v) is 15.1. The highest BCUT2D eigenvalue weighted by Gasteiger charge is 2.31. The Morgan fingerprint density at radius 3 is 2.62 bits per heavy atom. The molecule has 148 valence electrons. The number of aromatic amines is 1. The van der Waals surface area contributed by atoms with Crippen LogP contribution in [0.25, 0.3) is 16.6 Å². The fourth-order valence-electron chi connectivity index (χ4n) is 2.90. The first-order chi connectivity index (χ1) is 13.8. The third-order valence-corrected chi connectivity index (χ3v) is 4.22. The van der Waals surface area contributed by atoms with Gasteiger partial charge in [-0.25, -0.2) is 4.68 Å². The molecule has 2 aromatic carbocycles. The van der Waals surface area contributed by atoms with Gasteiger partial charge in [-0.3, -0.25) is 4.79 Å². The number of ether oxygens (including phenoxy) is 1. The summed E-state index contributed by atoms with van der Waals surface area (Å²) in [6, 6.07) is 14.8. The number of rotatable bonds is 4. The van der Waals surface area contributed by atoms with Gasteiger partial charge < -0.3 is 15.0 Å². The van der Waals surface area contributed by atoms with Crippen LogP contribution in [0.2, 0.25) is 0 Å². The van der Waals surface area contributed by atoms with Gasteiger partial charge in [0.2, 0.25) is 0 Å². The number of para-hydroxylation sites is 1. The van der Waals surface area contributed by atoms with Crippen molar-refractivity contribution >= 4 is 22.6 Å². The molecule has 9 heteroatoms. The molecule has 0 fully saturated rings. The van der Waals surface area contributed by atoms with Crippen molar-refractivity contribution in [2.45, 2.75) is 13.3 Å². The highest BCUT2D eigenvalue weighted by molar-refractivity contribution is 6.05. The van der Waals surface area contributed by atoms with E-state index in [4.69, 9.17) is 0 Å². The lowest BCUT2D eigenvalue weighted by Crippen LogP contribution is -2.16. The first-order valence-electron chi connectivity index (χ1n) is 8.60.